The SMILES string of the molecule is CCC(CC)(NCc1nnc(-c2ccc(Br)o2)o1)C(=O)O. The van der Waals surface area contributed by atoms with E-state index >= 15 is 0 Å². The molecule has 2 aromatic heterocycles. The van der Waals surface area contributed by atoms with E-state index in [1.807, 2.05) is 13.8 Å². The molecule has 2 rings (SSSR count). The average molecular weight is 358 g/mol. The average Bonchev–Trinajstić information content (AvgIpc) is 3.09. The molecular formula is C13H16BrN3O4. The molecule has 2 aromatic rings. The van der Waals surface area contributed by atoms with Crippen LogP contribution in [0.3, 0.4) is 0 Å². The Balaban J connectivity index is 2.07. The van der Waals surface area contributed by atoms with Gasteiger partial charge in [-0.1, -0.05) is 13.8 Å². The molecule has 21 heavy (non-hydrogen) atoms. The van der Waals surface area contributed by atoms with Crippen LogP contribution < -0.4 is 5.32 Å². The van der Waals surface area contributed by atoms with Gasteiger partial charge in [0.1, 0.15) is 5.54 Å². The molecule has 0 saturated carbocycles. The van der Waals surface area contributed by atoms with Gasteiger partial charge in [0.15, 0.2) is 10.4 Å². The summed E-state index contributed by atoms with van der Waals surface area (Å²) in [7, 11) is 0. The van der Waals surface area contributed by atoms with Crippen LogP contribution in [0.4, 0.5) is 0 Å². The molecule has 8 heteroatoms. The van der Waals surface area contributed by atoms with Crippen LogP contribution >= 0.6 is 15.9 Å². The molecule has 0 spiro atoms. The van der Waals surface area contributed by atoms with Gasteiger partial charge in [-0.05, 0) is 40.9 Å². The Hall–Kier alpha value is -1.67. The molecular weight excluding hydrogens is 342 g/mol. The second kappa shape index (κ2) is 6.40. The van der Waals surface area contributed by atoms with Crippen LogP contribution in [0.5, 0.6) is 0 Å². The standard InChI is InChI=1S/C13H16BrN3O4/c1-3-13(4-2,12(18)19)15-7-10-16-17-11(21-10)8-5-6-9(14)20-8/h5-6,15H,3-4,7H2,1-2H3,(H,18,19). The van der Waals surface area contributed by atoms with E-state index in [-0.39, 0.29) is 12.4 Å². The highest BCUT2D eigenvalue weighted by Crippen LogP contribution is 2.24. The Labute approximate surface area is 129 Å². The summed E-state index contributed by atoms with van der Waals surface area (Å²) in [6, 6.07) is 3.43. The summed E-state index contributed by atoms with van der Waals surface area (Å²) >= 11 is 3.19. The summed E-state index contributed by atoms with van der Waals surface area (Å²) in [6.07, 6.45) is 0.927. The maximum Gasteiger partial charge on any atom is 0.323 e. The number of nitrogens with one attached hydrogen (secondary N) is 1. The number of aromatic nitrogens is 2. The summed E-state index contributed by atoms with van der Waals surface area (Å²) < 4.78 is 11.3. The number of aliphatic carboxylic acids is 1. The lowest BCUT2D eigenvalue weighted by atomic mass is 9.93. The topological polar surface area (TPSA) is 101 Å². The summed E-state index contributed by atoms with van der Waals surface area (Å²) in [5.74, 6) is 0.134. The van der Waals surface area contributed by atoms with E-state index in [1.54, 1.807) is 12.1 Å². The molecule has 0 saturated heterocycles. The lowest BCUT2D eigenvalue weighted by Crippen LogP contribution is -2.50. The predicted octanol–water partition coefficient (Wildman–Crippen LogP) is 2.83. The normalized spacial score (nSPS) is 11.8. The molecule has 0 amide bonds. The minimum Gasteiger partial charge on any atom is -0.480 e. The molecule has 2 heterocycles. The van der Waals surface area contributed by atoms with E-state index < -0.39 is 11.5 Å². The van der Waals surface area contributed by atoms with E-state index in [0.717, 1.165) is 0 Å². The van der Waals surface area contributed by atoms with Crippen molar-refractivity contribution in [2.75, 3.05) is 0 Å². The molecule has 114 valence electrons. The van der Waals surface area contributed by atoms with Crippen LogP contribution in [0.2, 0.25) is 0 Å². The molecule has 0 aliphatic rings. The Morgan fingerprint density at radius 2 is 2.05 bits per heavy atom. The molecule has 0 bridgehead atoms. The number of furan rings is 1. The first kappa shape index (κ1) is 15.7. The van der Waals surface area contributed by atoms with Gasteiger partial charge in [0.05, 0.1) is 6.54 Å². The zero-order valence-electron chi connectivity index (χ0n) is 11.7. The third kappa shape index (κ3) is 3.33. The van der Waals surface area contributed by atoms with Gasteiger partial charge in [-0.25, -0.2) is 0 Å². The van der Waals surface area contributed by atoms with Crippen molar-refractivity contribution >= 4 is 21.9 Å². The number of carboxylic acid groups (broad SMARTS) is 1. The van der Waals surface area contributed by atoms with E-state index in [9.17, 15) is 9.90 Å². The number of carboxylic acids is 1. The summed E-state index contributed by atoms with van der Waals surface area (Å²) in [5, 5.41) is 20.1. The van der Waals surface area contributed by atoms with Crippen molar-refractivity contribution in [1.29, 1.82) is 0 Å². The van der Waals surface area contributed by atoms with Gasteiger partial charge in [0.25, 0.3) is 5.89 Å². The maximum atomic E-state index is 11.4. The smallest absolute Gasteiger partial charge is 0.323 e. The highest BCUT2D eigenvalue weighted by atomic mass is 79.9. The second-order valence-corrected chi connectivity index (χ2v) is 5.33. The lowest BCUT2D eigenvalue weighted by molar-refractivity contribution is -0.145. The van der Waals surface area contributed by atoms with Gasteiger partial charge < -0.3 is 13.9 Å². The molecule has 0 radical (unpaired) electrons. The fourth-order valence-electron chi connectivity index (χ4n) is 1.98. The predicted molar refractivity (Wildman–Crippen MR) is 77.5 cm³/mol. The summed E-state index contributed by atoms with van der Waals surface area (Å²) in [4.78, 5) is 11.4. The number of rotatable bonds is 7. The number of hydrogen-bond donors (Lipinski definition) is 2. The van der Waals surface area contributed by atoms with E-state index in [1.165, 1.54) is 0 Å². The molecule has 2 N–H and O–H groups in total. The van der Waals surface area contributed by atoms with Crippen LogP contribution in [0.15, 0.2) is 25.6 Å². The number of hydrogen-bond acceptors (Lipinski definition) is 6. The first-order valence-electron chi connectivity index (χ1n) is 6.57. The third-order valence-electron chi connectivity index (χ3n) is 3.45. The van der Waals surface area contributed by atoms with E-state index in [2.05, 4.69) is 31.4 Å². The third-order valence-corrected chi connectivity index (χ3v) is 3.87. The van der Waals surface area contributed by atoms with Gasteiger partial charge in [0, 0.05) is 0 Å². The lowest BCUT2D eigenvalue weighted by Gasteiger charge is -2.27. The Bertz CT molecular complexity index is 618. The van der Waals surface area contributed by atoms with Gasteiger partial charge in [-0.15, -0.1) is 10.2 Å². The van der Waals surface area contributed by atoms with E-state index in [4.69, 9.17) is 8.83 Å². The Morgan fingerprint density at radius 1 is 1.33 bits per heavy atom. The first-order chi connectivity index (χ1) is 10.0. The summed E-state index contributed by atoms with van der Waals surface area (Å²) in [6.45, 7) is 3.83. The maximum absolute atomic E-state index is 11.4. The first-order valence-corrected chi connectivity index (χ1v) is 7.36. The highest BCUT2D eigenvalue weighted by Gasteiger charge is 2.34. The van der Waals surface area contributed by atoms with Crippen LogP contribution in [-0.4, -0.2) is 26.8 Å². The van der Waals surface area contributed by atoms with Crippen molar-refractivity contribution in [2.45, 2.75) is 38.8 Å². The van der Waals surface area contributed by atoms with Crippen molar-refractivity contribution in [3.8, 4) is 11.7 Å². The molecule has 7 nitrogen and oxygen atoms in total. The zero-order valence-corrected chi connectivity index (χ0v) is 13.3. The highest BCUT2D eigenvalue weighted by molar-refractivity contribution is 9.10. The largest absolute Gasteiger partial charge is 0.480 e. The molecule has 0 aliphatic heterocycles. The van der Waals surface area contributed by atoms with Crippen LogP contribution in [-0.2, 0) is 11.3 Å². The number of carbonyl (C=O) groups is 1. The molecule has 0 aromatic carbocycles. The van der Waals surface area contributed by atoms with Crippen molar-refractivity contribution in [3.05, 3.63) is 22.7 Å². The van der Waals surface area contributed by atoms with Gasteiger partial charge in [0.2, 0.25) is 5.89 Å². The van der Waals surface area contributed by atoms with Crippen LogP contribution in [0.25, 0.3) is 11.7 Å². The Morgan fingerprint density at radius 3 is 2.57 bits per heavy atom. The van der Waals surface area contributed by atoms with Gasteiger partial charge in [-0.3, -0.25) is 10.1 Å². The quantitative estimate of drug-likeness (QED) is 0.785. The van der Waals surface area contributed by atoms with Crippen molar-refractivity contribution in [3.63, 3.8) is 0 Å². The molecule has 0 unspecified atom stereocenters. The summed E-state index contributed by atoms with van der Waals surface area (Å²) in [5.41, 5.74) is -0.984. The van der Waals surface area contributed by atoms with Crippen molar-refractivity contribution in [2.24, 2.45) is 0 Å². The van der Waals surface area contributed by atoms with E-state index in [0.29, 0.717) is 29.2 Å². The molecule has 0 aliphatic carbocycles. The fourth-order valence-corrected chi connectivity index (χ4v) is 2.28. The number of nitrogens with zero attached hydrogens (tertiary/aromatic N) is 2. The van der Waals surface area contributed by atoms with Crippen molar-refractivity contribution < 1.29 is 18.7 Å². The van der Waals surface area contributed by atoms with Crippen molar-refractivity contribution in [1.82, 2.24) is 15.5 Å². The van der Waals surface area contributed by atoms with Crippen LogP contribution in [0, 0.1) is 0 Å². The molecule has 0 fully saturated rings. The minimum absolute atomic E-state index is 0.183. The monoisotopic (exact) mass is 357 g/mol. The fraction of sp³-hybridized carbons (Fsp3) is 0.462. The van der Waals surface area contributed by atoms with Gasteiger partial charge >= 0.3 is 5.97 Å². The Kier molecular flexibility index (Phi) is 4.79. The second-order valence-electron chi connectivity index (χ2n) is 4.55. The minimum atomic E-state index is -0.984. The molecule has 0 atom stereocenters. The number of halogens is 1. The zero-order chi connectivity index (χ0) is 15.5. The van der Waals surface area contributed by atoms with Gasteiger partial charge in [-0.2, -0.15) is 0 Å². The van der Waals surface area contributed by atoms with Crippen LogP contribution in [0.1, 0.15) is 32.6 Å².